The highest BCUT2D eigenvalue weighted by Gasteiger charge is 2.34. The SMILES string of the molecule is CC(C)CN(C(=O)c1nc(C(=O)O)cs1)C1CC1. The smallest absolute Gasteiger partial charge is 0.355 e. The van der Waals surface area contributed by atoms with E-state index >= 15 is 0 Å². The zero-order valence-corrected chi connectivity index (χ0v) is 11.2. The third-order valence-corrected chi connectivity index (χ3v) is 3.55. The summed E-state index contributed by atoms with van der Waals surface area (Å²) in [5.74, 6) is -0.829. The number of hydrogen-bond acceptors (Lipinski definition) is 4. The Labute approximate surface area is 109 Å². The van der Waals surface area contributed by atoms with Crippen LogP contribution in [0.15, 0.2) is 5.38 Å². The van der Waals surface area contributed by atoms with Gasteiger partial charge in [-0.2, -0.15) is 0 Å². The number of amides is 1. The van der Waals surface area contributed by atoms with Gasteiger partial charge in [-0.05, 0) is 18.8 Å². The number of aromatic nitrogens is 1. The lowest BCUT2D eigenvalue weighted by molar-refractivity contribution is 0.0691. The number of carboxylic acids is 1. The van der Waals surface area contributed by atoms with Gasteiger partial charge in [-0.25, -0.2) is 9.78 Å². The van der Waals surface area contributed by atoms with E-state index in [1.165, 1.54) is 5.38 Å². The second-order valence-electron chi connectivity index (χ2n) is 4.93. The summed E-state index contributed by atoms with van der Waals surface area (Å²) in [4.78, 5) is 28.7. The van der Waals surface area contributed by atoms with Crippen LogP contribution in [0.3, 0.4) is 0 Å². The van der Waals surface area contributed by atoms with Gasteiger partial charge in [0.15, 0.2) is 10.7 Å². The molecule has 98 valence electrons. The first-order chi connectivity index (χ1) is 8.49. The zero-order chi connectivity index (χ0) is 13.3. The van der Waals surface area contributed by atoms with Crippen LogP contribution in [-0.2, 0) is 0 Å². The Bertz CT molecular complexity index is 466. The molecule has 0 aliphatic heterocycles. The fourth-order valence-electron chi connectivity index (χ4n) is 1.77. The lowest BCUT2D eigenvalue weighted by Crippen LogP contribution is -2.36. The Balaban J connectivity index is 2.14. The van der Waals surface area contributed by atoms with E-state index in [-0.39, 0.29) is 16.6 Å². The molecule has 6 heteroatoms. The monoisotopic (exact) mass is 268 g/mol. The van der Waals surface area contributed by atoms with Crippen molar-refractivity contribution >= 4 is 23.2 Å². The highest BCUT2D eigenvalue weighted by atomic mass is 32.1. The summed E-state index contributed by atoms with van der Waals surface area (Å²) in [6.45, 7) is 4.83. The largest absolute Gasteiger partial charge is 0.476 e. The first-order valence-electron chi connectivity index (χ1n) is 5.99. The van der Waals surface area contributed by atoms with Gasteiger partial charge in [0.2, 0.25) is 0 Å². The third-order valence-electron chi connectivity index (χ3n) is 2.72. The lowest BCUT2D eigenvalue weighted by Gasteiger charge is -2.23. The van der Waals surface area contributed by atoms with Gasteiger partial charge in [0.05, 0.1) is 0 Å². The van der Waals surface area contributed by atoms with Crippen molar-refractivity contribution in [1.82, 2.24) is 9.88 Å². The molecule has 0 aromatic carbocycles. The molecule has 1 heterocycles. The second-order valence-corrected chi connectivity index (χ2v) is 5.78. The van der Waals surface area contributed by atoms with Crippen molar-refractivity contribution in [1.29, 1.82) is 0 Å². The van der Waals surface area contributed by atoms with Gasteiger partial charge in [0.1, 0.15) is 0 Å². The van der Waals surface area contributed by atoms with E-state index in [4.69, 9.17) is 5.11 Å². The molecular formula is C12H16N2O3S. The minimum Gasteiger partial charge on any atom is -0.476 e. The number of hydrogen-bond donors (Lipinski definition) is 1. The van der Waals surface area contributed by atoms with Crippen LogP contribution in [-0.4, -0.2) is 39.5 Å². The number of nitrogens with zero attached hydrogens (tertiary/aromatic N) is 2. The highest BCUT2D eigenvalue weighted by molar-refractivity contribution is 7.11. The van der Waals surface area contributed by atoms with Crippen LogP contribution in [0.2, 0.25) is 0 Å². The van der Waals surface area contributed by atoms with Gasteiger partial charge in [-0.15, -0.1) is 11.3 Å². The van der Waals surface area contributed by atoms with Crippen LogP contribution in [0, 0.1) is 5.92 Å². The summed E-state index contributed by atoms with van der Waals surface area (Å²) in [5, 5.41) is 10.5. The fraction of sp³-hybridized carbons (Fsp3) is 0.583. The molecule has 18 heavy (non-hydrogen) atoms. The maximum atomic E-state index is 12.3. The molecule has 0 unspecified atom stereocenters. The average Bonchev–Trinajstić information content (AvgIpc) is 3.00. The number of carbonyl (C=O) groups is 2. The van der Waals surface area contributed by atoms with Crippen LogP contribution in [0.1, 0.15) is 47.0 Å². The Morgan fingerprint density at radius 1 is 1.56 bits per heavy atom. The van der Waals surface area contributed by atoms with Gasteiger partial charge in [-0.1, -0.05) is 13.8 Å². The Hall–Kier alpha value is -1.43. The topological polar surface area (TPSA) is 70.5 Å². The maximum Gasteiger partial charge on any atom is 0.355 e. The Morgan fingerprint density at radius 3 is 2.67 bits per heavy atom. The highest BCUT2D eigenvalue weighted by Crippen LogP contribution is 2.29. The van der Waals surface area contributed by atoms with E-state index in [0.717, 1.165) is 24.2 Å². The van der Waals surface area contributed by atoms with Crippen molar-refractivity contribution in [2.24, 2.45) is 5.92 Å². The number of thiazole rings is 1. The van der Waals surface area contributed by atoms with Crippen LogP contribution < -0.4 is 0 Å². The Kier molecular flexibility index (Phi) is 3.65. The molecule has 0 saturated heterocycles. The van der Waals surface area contributed by atoms with Crippen molar-refractivity contribution in [3.8, 4) is 0 Å². The molecule has 0 radical (unpaired) electrons. The number of carbonyl (C=O) groups excluding carboxylic acids is 1. The van der Waals surface area contributed by atoms with Crippen molar-refractivity contribution in [3.05, 3.63) is 16.1 Å². The van der Waals surface area contributed by atoms with E-state index in [0.29, 0.717) is 18.5 Å². The molecule has 0 atom stereocenters. The molecule has 1 aromatic rings. The van der Waals surface area contributed by atoms with Gasteiger partial charge in [0, 0.05) is 18.0 Å². The summed E-state index contributed by atoms with van der Waals surface area (Å²) >= 11 is 1.10. The van der Waals surface area contributed by atoms with Crippen LogP contribution in [0.25, 0.3) is 0 Å². The molecular weight excluding hydrogens is 252 g/mol. The van der Waals surface area contributed by atoms with E-state index in [1.54, 1.807) is 0 Å². The van der Waals surface area contributed by atoms with Crippen molar-refractivity contribution < 1.29 is 14.7 Å². The van der Waals surface area contributed by atoms with Gasteiger partial charge in [0.25, 0.3) is 5.91 Å². The predicted octanol–water partition coefficient (Wildman–Crippen LogP) is 2.10. The standard InChI is InChI=1S/C12H16N2O3S/c1-7(2)5-14(8-3-4-8)11(15)10-13-9(6-18-10)12(16)17/h6-8H,3-5H2,1-2H3,(H,16,17). The van der Waals surface area contributed by atoms with Gasteiger partial charge >= 0.3 is 5.97 Å². The summed E-state index contributed by atoms with van der Waals surface area (Å²) in [6, 6.07) is 0.317. The summed E-state index contributed by atoms with van der Waals surface area (Å²) in [6.07, 6.45) is 2.07. The molecule has 1 aromatic heterocycles. The van der Waals surface area contributed by atoms with E-state index < -0.39 is 5.97 Å². The predicted molar refractivity (Wildman–Crippen MR) is 68.0 cm³/mol. The maximum absolute atomic E-state index is 12.3. The molecule has 1 aliphatic rings. The van der Waals surface area contributed by atoms with Crippen LogP contribution in [0.5, 0.6) is 0 Å². The molecule has 0 bridgehead atoms. The first-order valence-corrected chi connectivity index (χ1v) is 6.86. The van der Waals surface area contributed by atoms with Gasteiger partial charge in [-0.3, -0.25) is 4.79 Å². The summed E-state index contributed by atoms with van der Waals surface area (Å²) in [7, 11) is 0. The molecule has 1 N–H and O–H groups in total. The van der Waals surface area contributed by atoms with Crippen molar-refractivity contribution in [3.63, 3.8) is 0 Å². The fourth-order valence-corrected chi connectivity index (χ4v) is 2.52. The van der Waals surface area contributed by atoms with Crippen molar-refractivity contribution in [2.45, 2.75) is 32.7 Å². The number of aromatic carboxylic acids is 1. The molecule has 0 spiro atoms. The average molecular weight is 268 g/mol. The second kappa shape index (κ2) is 5.06. The lowest BCUT2D eigenvalue weighted by atomic mass is 10.2. The van der Waals surface area contributed by atoms with E-state index in [9.17, 15) is 9.59 Å². The van der Waals surface area contributed by atoms with Crippen LogP contribution >= 0.6 is 11.3 Å². The Morgan fingerprint density at radius 2 is 2.22 bits per heavy atom. The molecule has 2 rings (SSSR count). The molecule has 1 aliphatic carbocycles. The van der Waals surface area contributed by atoms with Gasteiger partial charge < -0.3 is 10.0 Å². The quantitative estimate of drug-likeness (QED) is 0.887. The summed E-state index contributed by atoms with van der Waals surface area (Å²) in [5.41, 5.74) is -0.0522. The zero-order valence-electron chi connectivity index (χ0n) is 10.4. The normalized spacial score (nSPS) is 14.8. The van der Waals surface area contributed by atoms with E-state index in [2.05, 4.69) is 18.8 Å². The minimum absolute atomic E-state index is 0.0522. The minimum atomic E-state index is -1.09. The molecule has 1 amide bonds. The van der Waals surface area contributed by atoms with Crippen LogP contribution in [0.4, 0.5) is 0 Å². The van der Waals surface area contributed by atoms with E-state index in [1.807, 2.05) is 4.90 Å². The third kappa shape index (κ3) is 2.87. The molecule has 5 nitrogen and oxygen atoms in total. The number of rotatable bonds is 5. The molecule has 1 fully saturated rings. The van der Waals surface area contributed by atoms with Crippen molar-refractivity contribution in [2.75, 3.05) is 6.54 Å². The first kappa shape index (κ1) is 13.0. The molecule has 1 saturated carbocycles. The summed E-state index contributed by atoms with van der Waals surface area (Å²) < 4.78 is 0. The number of carboxylic acid groups (broad SMARTS) is 1.